The lowest BCUT2D eigenvalue weighted by Crippen LogP contribution is -2.30. The molecule has 0 spiro atoms. The Bertz CT molecular complexity index is 656. The Kier molecular flexibility index (Phi) is 1.84. The first kappa shape index (κ1) is 9.96. The van der Waals surface area contributed by atoms with Crippen molar-refractivity contribution in [2.24, 2.45) is 0 Å². The molecule has 3 rings (SSSR count). The van der Waals surface area contributed by atoms with Crippen molar-refractivity contribution in [1.82, 2.24) is 0 Å². The van der Waals surface area contributed by atoms with E-state index in [1.54, 1.807) is 18.2 Å². The van der Waals surface area contributed by atoms with Crippen LogP contribution in [0.1, 0.15) is 20.7 Å². The molecule has 2 N–H and O–H groups in total. The molecule has 2 aromatic carbocycles. The Morgan fingerprint density at radius 2 is 1.65 bits per heavy atom. The Morgan fingerprint density at radius 1 is 1.00 bits per heavy atom. The van der Waals surface area contributed by atoms with Crippen molar-refractivity contribution in [3.8, 4) is 0 Å². The Hall–Kier alpha value is -2.23. The summed E-state index contributed by atoms with van der Waals surface area (Å²) in [5, 5.41) is 1.09. The summed E-state index contributed by atoms with van der Waals surface area (Å²) in [5.74, 6) is -1.56. The third-order valence-electron chi connectivity index (χ3n) is 3.07. The highest BCUT2D eigenvalue weighted by molar-refractivity contribution is 6.31. The molecule has 0 heterocycles. The molecule has 1 aliphatic rings. The molecule has 0 fully saturated rings. The van der Waals surface area contributed by atoms with Gasteiger partial charge in [-0.15, -0.1) is 0 Å². The summed E-state index contributed by atoms with van der Waals surface area (Å²) in [6.07, 6.45) is -2.09. The van der Waals surface area contributed by atoms with Crippen LogP contribution in [0.15, 0.2) is 30.3 Å². The van der Waals surface area contributed by atoms with Gasteiger partial charge in [-0.2, -0.15) is 0 Å². The van der Waals surface area contributed by atoms with Crippen LogP contribution in [0.5, 0.6) is 0 Å². The fourth-order valence-electron chi connectivity index (χ4n) is 2.23. The van der Waals surface area contributed by atoms with Crippen molar-refractivity contribution >= 4 is 28.0 Å². The van der Waals surface area contributed by atoms with E-state index in [-0.39, 0.29) is 11.1 Å². The predicted molar refractivity (Wildman–Crippen MR) is 61.9 cm³/mol. The lowest BCUT2D eigenvalue weighted by atomic mass is 9.85. The molecule has 2 aromatic rings. The van der Waals surface area contributed by atoms with E-state index in [4.69, 9.17) is 5.73 Å². The SMILES string of the molecule is Nc1ccc2c3c(cccc13)C(=O)C(F)C2=O. The minimum absolute atomic E-state index is 0.233. The van der Waals surface area contributed by atoms with E-state index in [1.165, 1.54) is 12.1 Å². The number of halogens is 1. The lowest BCUT2D eigenvalue weighted by molar-refractivity contribution is 0.0754. The second-order valence-electron chi connectivity index (χ2n) is 4.02. The second kappa shape index (κ2) is 3.13. The number of alkyl halides is 1. The summed E-state index contributed by atoms with van der Waals surface area (Å²) >= 11 is 0. The van der Waals surface area contributed by atoms with Gasteiger partial charge < -0.3 is 5.73 Å². The minimum atomic E-state index is -2.09. The van der Waals surface area contributed by atoms with Gasteiger partial charge in [0.1, 0.15) is 0 Å². The molecular weight excluding hydrogens is 221 g/mol. The smallest absolute Gasteiger partial charge is 0.225 e. The largest absolute Gasteiger partial charge is 0.398 e. The number of carbonyl (C=O) groups excluding carboxylic acids is 2. The molecule has 0 radical (unpaired) electrons. The van der Waals surface area contributed by atoms with Gasteiger partial charge in [0.05, 0.1) is 0 Å². The zero-order valence-corrected chi connectivity index (χ0v) is 8.74. The summed E-state index contributed by atoms with van der Waals surface area (Å²) in [6, 6.07) is 7.91. The van der Waals surface area contributed by atoms with Gasteiger partial charge in [-0.1, -0.05) is 18.2 Å². The summed E-state index contributed by atoms with van der Waals surface area (Å²) in [7, 11) is 0. The van der Waals surface area contributed by atoms with Gasteiger partial charge in [-0.3, -0.25) is 9.59 Å². The predicted octanol–water partition coefficient (Wildman–Crippen LogP) is 2.14. The maximum Gasteiger partial charge on any atom is 0.225 e. The molecule has 0 amide bonds. The van der Waals surface area contributed by atoms with Gasteiger partial charge in [0.15, 0.2) is 0 Å². The molecule has 3 nitrogen and oxygen atoms in total. The highest BCUT2D eigenvalue weighted by Crippen LogP contribution is 2.33. The summed E-state index contributed by atoms with van der Waals surface area (Å²) in [6.45, 7) is 0. The van der Waals surface area contributed by atoms with Crippen LogP contribution in [0.4, 0.5) is 10.1 Å². The molecule has 17 heavy (non-hydrogen) atoms. The van der Waals surface area contributed by atoms with Crippen molar-refractivity contribution in [2.45, 2.75) is 6.17 Å². The molecule has 0 saturated heterocycles. The number of hydrogen-bond donors (Lipinski definition) is 1. The number of carbonyl (C=O) groups is 2. The number of nitrogens with two attached hydrogens (primary N) is 1. The monoisotopic (exact) mass is 229 g/mol. The lowest BCUT2D eigenvalue weighted by Gasteiger charge is -2.18. The molecule has 1 unspecified atom stereocenters. The number of rotatable bonds is 0. The van der Waals surface area contributed by atoms with Crippen LogP contribution < -0.4 is 5.73 Å². The molecular formula is C13H8FNO2. The van der Waals surface area contributed by atoms with Gasteiger partial charge >= 0.3 is 0 Å². The zero-order valence-electron chi connectivity index (χ0n) is 8.74. The van der Waals surface area contributed by atoms with Crippen molar-refractivity contribution in [1.29, 1.82) is 0 Å². The molecule has 0 aliphatic heterocycles. The number of anilines is 1. The van der Waals surface area contributed by atoms with Crippen molar-refractivity contribution < 1.29 is 14.0 Å². The minimum Gasteiger partial charge on any atom is -0.398 e. The Morgan fingerprint density at radius 3 is 2.35 bits per heavy atom. The third kappa shape index (κ3) is 1.15. The first-order valence-corrected chi connectivity index (χ1v) is 5.15. The normalized spacial score (nSPS) is 18.8. The maximum absolute atomic E-state index is 13.5. The van der Waals surface area contributed by atoms with E-state index in [0.717, 1.165) is 0 Å². The van der Waals surface area contributed by atoms with E-state index in [2.05, 4.69) is 0 Å². The molecule has 0 aromatic heterocycles. The van der Waals surface area contributed by atoms with E-state index in [1.807, 2.05) is 0 Å². The van der Waals surface area contributed by atoms with E-state index >= 15 is 0 Å². The molecule has 0 saturated carbocycles. The fourth-order valence-corrected chi connectivity index (χ4v) is 2.23. The van der Waals surface area contributed by atoms with Crippen molar-refractivity contribution in [3.63, 3.8) is 0 Å². The first-order valence-electron chi connectivity index (χ1n) is 5.15. The Labute approximate surface area is 96.0 Å². The fraction of sp³-hybridized carbons (Fsp3) is 0.0769. The Balaban J connectivity index is 2.54. The average Bonchev–Trinajstić information content (AvgIpc) is 2.35. The first-order chi connectivity index (χ1) is 8.11. The number of hydrogen-bond acceptors (Lipinski definition) is 3. The molecule has 4 heteroatoms. The van der Waals surface area contributed by atoms with Crippen molar-refractivity contribution in [2.75, 3.05) is 5.73 Å². The van der Waals surface area contributed by atoms with Crippen LogP contribution in [-0.4, -0.2) is 17.7 Å². The van der Waals surface area contributed by atoms with Crippen LogP contribution in [0.3, 0.4) is 0 Å². The second-order valence-corrected chi connectivity index (χ2v) is 4.02. The number of Topliss-reactive ketones (excluding diaryl/α,β-unsaturated/α-hetero) is 2. The highest BCUT2D eigenvalue weighted by atomic mass is 19.1. The number of ketones is 2. The van der Waals surface area contributed by atoms with Crippen LogP contribution >= 0.6 is 0 Å². The highest BCUT2D eigenvalue weighted by Gasteiger charge is 2.35. The van der Waals surface area contributed by atoms with Gasteiger partial charge in [0.2, 0.25) is 17.7 Å². The van der Waals surface area contributed by atoms with Crippen molar-refractivity contribution in [3.05, 3.63) is 41.5 Å². The zero-order chi connectivity index (χ0) is 12.2. The summed E-state index contributed by atoms with van der Waals surface area (Å²) < 4.78 is 13.5. The summed E-state index contributed by atoms with van der Waals surface area (Å²) in [5.41, 5.74) is 6.72. The molecule has 1 atom stereocenters. The van der Waals surface area contributed by atoms with Gasteiger partial charge in [-0.05, 0) is 12.1 Å². The van der Waals surface area contributed by atoms with Crippen LogP contribution in [-0.2, 0) is 0 Å². The molecule has 1 aliphatic carbocycles. The van der Waals surface area contributed by atoms with E-state index in [0.29, 0.717) is 16.5 Å². The quantitative estimate of drug-likeness (QED) is 0.556. The van der Waals surface area contributed by atoms with Crippen LogP contribution in [0, 0.1) is 0 Å². The van der Waals surface area contributed by atoms with Gasteiger partial charge in [-0.25, -0.2) is 4.39 Å². The van der Waals surface area contributed by atoms with E-state index in [9.17, 15) is 14.0 Å². The third-order valence-corrected chi connectivity index (χ3v) is 3.07. The van der Waals surface area contributed by atoms with Crippen LogP contribution in [0.25, 0.3) is 10.8 Å². The topological polar surface area (TPSA) is 60.2 Å². The standard InChI is InChI=1S/C13H8FNO2/c14-11-12(16)7-3-1-2-6-9(15)5-4-8(10(6)7)13(11)17/h1-5,11H,15H2. The van der Waals surface area contributed by atoms with Gasteiger partial charge in [0, 0.05) is 27.6 Å². The number of benzene rings is 2. The average molecular weight is 229 g/mol. The van der Waals surface area contributed by atoms with E-state index < -0.39 is 17.7 Å². The molecule has 0 bridgehead atoms. The maximum atomic E-state index is 13.5. The molecule has 84 valence electrons. The van der Waals surface area contributed by atoms with Gasteiger partial charge in [0.25, 0.3) is 0 Å². The number of nitrogen functional groups attached to an aromatic ring is 1. The van der Waals surface area contributed by atoms with Crippen LogP contribution in [0.2, 0.25) is 0 Å². The summed E-state index contributed by atoms with van der Waals surface area (Å²) in [4.78, 5) is 23.4.